The van der Waals surface area contributed by atoms with Gasteiger partial charge in [-0.15, -0.1) is 0 Å². The Balaban J connectivity index is 3.01. The van der Waals surface area contributed by atoms with E-state index in [9.17, 15) is 5.11 Å². The largest absolute Gasteiger partial charge is 0.388 e. The van der Waals surface area contributed by atoms with Crippen LogP contribution in [-0.2, 0) is 0 Å². The molecule has 1 unspecified atom stereocenters. The molecule has 0 amide bonds. The molecule has 0 aliphatic carbocycles. The van der Waals surface area contributed by atoms with Crippen LogP contribution in [0.2, 0.25) is 19.6 Å². The molecule has 0 saturated heterocycles. The Morgan fingerprint density at radius 1 is 1.29 bits per heavy atom. The summed E-state index contributed by atoms with van der Waals surface area (Å²) in [6.45, 7) is 8.98. The predicted octanol–water partition coefficient (Wildman–Crippen LogP) is 2.68. The van der Waals surface area contributed by atoms with Crippen molar-refractivity contribution in [2.24, 2.45) is 0 Å². The Bertz CT molecular complexity index is 301. The normalized spacial score (nSPS) is 14.1. The highest BCUT2D eigenvalue weighted by atomic mass is 28.3. The van der Waals surface area contributed by atoms with Gasteiger partial charge >= 0.3 is 0 Å². The number of hydrogen-bond donors (Lipinski definition) is 1. The van der Waals surface area contributed by atoms with E-state index in [0.29, 0.717) is 0 Å². The van der Waals surface area contributed by atoms with Crippen LogP contribution in [0.15, 0.2) is 24.3 Å². The molecule has 0 radical (unpaired) electrons. The first-order valence-corrected chi connectivity index (χ1v) is 8.73. The van der Waals surface area contributed by atoms with E-state index in [4.69, 9.17) is 0 Å². The molecule has 0 fully saturated rings. The first-order chi connectivity index (χ1) is 6.45. The third-order valence-corrected chi connectivity index (χ3v) is 4.57. The van der Waals surface area contributed by atoms with E-state index in [0.717, 1.165) is 12.0 Å². The summed E-state index contributed by atoms with van der Waals surface area (Å²) in [5.41, 5.74) is 1.06. The second kappa shape index (κ2) is 4.28. The maximum Gasteiger partial charge on any atom is 0.0787 e. The van der Waals surface area contributed by atoms with Crippen LogP contribution in [0.5, 0.6) is 0 Å². The fourth-order valence-electron chi connectivity index (χ4n) is 1.45. The van der Waals surface area contributed by atoms with Crippen molar-refractivity contribution >= 4 is 13.3 Å². The predicted molar refractivity (Wildman–Crippen MR) is 64.7 cm³/mol. The average Bonchev–Trinajstić information content (AvgIpc) is 2.15. The highest BCUT2D eigenvalue weighted by molar-refractivity contribution is 6.88. The van der Waals surface area contributed by atoms with Gasteiger partial charge in [0.1, 0.15) is 0 Å². The molecule has 78 valence electrons. The standard InChI is InChI=1S/C12H20OSi/c1-5-12(13)10-7-6-8-11(9-10)14(2,3)4/h6-9,12-13H,5H2,1-4H3. The molecule has 1 rings (SSSR count). The number of rotatable bonds is 3. The lowest BCUT2D eigenvalue weighted by atomic mass is 10.1. The van der Waals surface area contributed by atoms with Crippen LogP contribution in [0, 0.1) is 0 Å². The summed E-state index contributed by atoms with van der Waals surface area (Å²) in [4.78, 5) is 0. The molecule has 0 aliphatic rings. The van der Waals surface area contributed by atoms with E-state index in [2.05, 4.69) is 37.8 Å². The van der Waals surface area contributed by atoms with E-state index in [1.54, 1.807) is 0 Å². The molecule has 0 saturated carbocycles. The van der Waals surface area contributed by atoms with Crippen molar-refractivity contribution in [3.05, 3.63) is 29.8 Å². The van der Waals surface area contributed by atoms with Gasteiger partial charge in [0.25, 0.3) is 0 Å². The molecule has 2 heteroatoms. The Hall–Kier alpha value is -0.603. The van der Waals surface area contributed by atoms with Crippen molar-refractivity contribution in [2.45, 2.75) is 39.1 Å². The second-order valence-electron chi connectivity index (χ2n) is 4.80. The third kappa shape index (κ3) is 2.69. The molecular weight excluding hydrogens is 188 g/mol. The zero-order chi connectivity index (χ0) is 10.8. The van der Waals surface area contributed by atoms with Gasteiger partial charge in [-0.3, -0.25) is 0 Å². The van der Waals surface area contributed by atoms with Gasteiger partial charge in [0, 0.05) is 0 Å². The van der Waals surface area contributed by atoms with Crippen LogP contribution in [0.3, 0.4) is 0 Å². The Morgan fingerprint density at radius 3 is 2.43 bits per heavy atom. The molecule has 0 bridgehead atoms. The summed E-state index contributed by atoms with van der Waals surface area (Å²) in [7, 11) is -1.23. The van der Waals surface area contributed by atoms with Gasteiger partial charge in [0.2, 0.25) is 0 Å². The molecule has 1 N–H and O–H groups in total. The van der Waals surface area contributed by atoms with Crippen molar-refractivity contribution in [2.75, 3.05) is 0 Å². The van der Waals surface area contributed by atoms with Crippen LogP contribution >= 0.6 is 0 Å². The third-order valence-electron chi connectivity index (χ3n) is 2.52. The van der Waals surface area contributed by atoms with Gasteiger partial charge in [-0.2, -0.15) is 0 Å². The molecule has 1 aromatic rings. The molecule has 1 atom stereocenters. The number of benzene rings is 1. The summed E-state index contributed by atoms with van der Waals surface area (Å²) in [6.07, 6.45) is 0.487. The highest BCUT2D eigenvalue weighted by Gasteiger charge is 2.17. The summed E-state index contributed by atoms with van der Waals surface area (Å²) >= 11 is 0. The van der Waals surface area contributed by atoms with E-state index in [-0.39, 0.29) is 6.10 Å². The second-order valence-corrected chi connectivity index (χ2v) is 9.88. The lowest BCUT2D eigenvalue weighted by molar-refractivity contribution is 0.174. The minimum Gasteiger partial charge on any atom is -0.388 e. The van der Waals surface area contributed by atoms with Crippen molar-refractivity contribution in [1.82, 2.24) is 0 Å². The quantitative estimate of drug-likeness (QED) is 0.757. The maximum absolute atomic E-state index is 9.73. The zero-order valence-corrected chi connectivity index (χ0v) is 10.5. The van der Waals surface area contributed by atoms with Crippen molar-refractivity contribution < 1.29 is 5.11 Å². The minimum absolute atomic E-state index is 0.300. The summed E-state index contributed by atoms with van der Waals surface area (Å²) in [5.74, 6) is 0. The van der Waals surface area contributed by atoms with Gasteiger partial charge < -0.3 is 5.11 Å². The maximum atomic E-state index is 9.73. The van der Waals surface area contributed by atoms with E-state index in [1.165, 1.54) is 5.19 Å². The molecule has 0 aromatic heterocycles. The molecule has 0 aliphatic heterocycles. The molecule has 1 nitrogen and oxygen atoms in total. The first kappa shape index (κ1) is 11.5. The van der Waals surface area contributed by atoms with Crippen molar-refractivity contribution in [1.29, 1.82) is 0 Å². The Morgan fingerprint density at radius 2 is 1.93 bits per heavy atom. The van der Waals surface area contributed by atoms with Crippen LogP contribution in [0.25, 0.3) is 0 Å². The number of aliphatic hydroxyl groups is 1. The molecule has 0 heterocycles. The SMILES string of the molecule is CCC(O)c1cccc([Si](C)(C)C)c1. The van der Waals surface area contributed by atoms with Gasteiger partial charge in [0.05, 0.1) is 14.2 Å². The number of aliphatic hydroxyl groups excluding tert-OH is 1. The lowest BCUT2D eigenvalue weighted by Gasteiger charge is -2.18. The number of hydrogen-bond acceptors (Lipinski definition) is 1. The summed E-state index contributed by atoms with van der Waals surface area (Å²) in [6, 6.07) is 8.41. The van der Waals surface area contributed by atoms with Crippen molar-refractivity contribution in [3.8, 4) is 0 Å². The fourth-order valence-corrected chi connectivity index (χ4v) is 2.64. The monoisotopic (exact) mass is 208 g/mol. The molecule has 0 spiro atoms. The van der Waals surface area contributed by atoms with Crippen molar-refractivity contribution in [3.63, 3.8) is 0 Å². The Kier molecular flexibility index (Phi) is 3.51. The van der Waals surface area contributed by atoms with Crippen LogP contribution in [0.4, 0.5) is 0 Å². The van der Waals surface area contributed by atoms with E-state index in [1.807, 2.05) is 13.0 Å². The van der Waals surface area contributed by atoms with Gasteiger partial charge in [0.15, 0.2) is 0 Å². The molecule has 1 aromatic carbocycles. The van der Waals surface area contributed by atoms with E-state index >= 15 is 0 Å². The van der Waals surface area contributed by atoms with E-state index < -0.39 is 8.07 Å². The van der Waals surface area contributed by atoms with Gasteiger partial charge in [-0.05, 0) is 12.0 Å². The van der Waals surface area contributed by atoms with Crippen LogP contribution in [-0.4, -0.2) is 13.2 Å². The molecule has 14 heavy (non-hydrogen) atoms. The van der Waals surface area contributed by atoms with Gasteiger partial charge in [-0.1, -0.05) is 56.0 Å². The van der Waals surface area contributed by atoms with Gasteiger partial charge in [-0.25, -0.2) is 0 Å². The first-order valence-electron chi connectivity index (χ1n) is 5.23. The topological polar surface area (TPSA) is 20.2 Å². The Labute approximate surface area is 87.8 Å². The zero-order valence-electron chi connectivity index (χ0n) is 9.54. The average molecular weight is 208 g/mol. The smallest absolute Gasteiger partial charge is 0.0787 e. The summed E-state index contributed by atoms with van der Waals surface area (Å²) in [5, 5.41) is 11.2. The summed E-state index contributed by atoms with van der Waals surface area (Å²) < 4.78 is 0. The van der Waals surface area contributed by atoms with Crippen LogP contribution in [0.1, 0.15) is 25.0 Å². The van der Waals surface area contributed by atoms with Crippen LogP contribution < -0.4 is 5.19 Å². The lowest BCUT2D eigenvalue weighted by Crippen LogP contribution is -2.37. The fraction of sp³-hybridized carbons (Fsp3) is 0.500. The highest BCUT2D eigenvalue weighted by Crippen LogP contribution is 2.15. The molecular formula is C12H20OSi. The minimum atomic E-state index is -1.23.